The molecule has 0 fully saturated rings. The number of halogens is 4. The Morgan fingerprint density at radius 1 is 1.33 bits per heavy atom. The van der Waals surface area contributed by atoms with Crippen LogP contribution in [-0.2, 0) is 4.79 Å². The van der Waals surface area contributed by atoms with Crippen molar-refractivity contribution in [3.8, 4) is 0 Å². The highest BCUT2D eigenvalue weighted by atomic mass is 79.9. The van der Waals surface area contributed by atoms with Crippen LogP contribution in [0.2, 0.25) is 0 Å². The molecule has 1 amide bonds. The van der Waals surface area contributed by atoms with E-state index in [1.807, 2.05) is 0 Å². The zero-order valence-electron chi connectivity index (χ0n) is 8.93. The molecule has 98 valence electrons. The number of anilines is 1. The van der Waals surface area contributed by atoms with E-state index in [0.717, 1.165) is 6.07 Å². The predicted molar refractivity (Wildman–Crippen MR) is 60.5 cm³/mol. The van der Waals surface area contributed by atoms with Gasteiger partial charge in [-0.2, -0.15) is 13.2 Å². The first-order valence-corrected chi connectivity index (χ1v) is 5.34. The number of benzene rings is 1. The SMILES string of the molecule is Cc1cc(Br)c(NC(=O)C(F)(F)F)cc1C(=O)O. The van der Waals surface area contributed by atoms with E-state index in [4.69, 9.17) is 5.11 Å². The van der Waals surface area contributed by atoms with Gasteiger partial charge in [0, 0.05) is 4.47 Å². The van der Waals surface area contributed by atoms with Crippen LogP contribution in [0.1, 0.15) is 15.9 Å². The summed E-state index contributed by atoms with van der Waals surface area (Å²) in [6.45, 7) is 1.49. The molecule has 0 bridgehead atoms. The molecule has 1 rings (SSSR count). The molecule has 0 aliphatic heterocycles. The lowest BCUT2D eigenvalue weighted by Gasteiger charge is -2.11. The lowest BCUT2D eigenvalue weighted by molar-refractivity contribution is -0.167. The van der Waals surface area contributed by atoms with Crippen molar-refractivity contribution in [3.05, 3.63) is 27.7 Å². The number of alkyl halides is 3. The number of aryl methyl sites for hydroxylation is 1. The van der Waals surface area contributed by atoms with Crippen LogP contribution in [0, 0.1) is 6.92 Å². The monoisotopic (exact) mass is 325 g/mol. The molecular formula is C10H7BrF3NO3. The van der Waals surface area contributed by atoms with Crippen LogP contribution in [0.3, 0.4) is 0 Å². The fraction of sp³-hybridized carbons (Fsp3) is 0.200. The first-order valence-electron chi connectivity index (χ1n) is 4.54. The van der Waals surface area contributed by atoms with Gasteiger partial charge in [0.25, 0.3) is 0 Å². The first-order chi connectivity index (χ1) is 8.12. The summed E-state index contributed by atoms with van der Waals surface area (Å²) in [5.74, 6) is -3.45. The highest BCUT2D eigenvalue weighted by Gasteiger charge is 2.39. The number of carbonyl (C=O) groups is 2. The number of aromatic carboxylic acids is 1. The second-order valence-corrected chi connectivity index (χ2v) is 4.26. The van der Waals surface area contributed by atoms with E-state index in [1.165, 1.54) is 13.0 Å². The number of carboxylic acid groups (broad SMARTS) is 1. The largest absolute Gasteiger partial charge is 0.478 e. The number of amides is 1. The summed E-state index contributed by atoms with van der Waals surface area (Å²) in [5, 5.41) is 10.4. The topological polar surface area (TPSA) is 66.4 Å². The van der Waals surface area contributed by atoms with Gasteiger partial charge in [-0.25, -0.2) is 4.79 Å². The molecule has 0 aliphatic rings. The van der Waals surface area contributed by atoms with Gasteiger partial charge in [-0.1, -0.05) is 0 Å². The van der Waals surface area contributed by atoms with Crippen molar-refractivity contribution < 1.29 is 27.9 Å². The van der Waals surface area contributed by atoms with Crippen molar-refractivity contribution in [1.29, 1.82) is 0 Å². The van der Waals surface area contributed by atoms with E-state index in [-0.39, 0.29) is 15.7 Å². The Hall–Kier alpha value is -1.57. The van der Waals surface area contributed by atoms with E-state index in [1.54, 1.807) is 5.32 Å². The molecule has 0 heterocycles. The number of carbonyl (C=O) groups excluding carboxylic acids is 1. The molecule has 2 N–H and O–H groups in total. The Balaban J connectivity index is 3.14. The van der Waals surface area contributed by atoms with Crippen molar-refractivity contribution >= 4 is 33.5 Å². The molecule has 18 heavy (non-hydrogen) atoms. The molecule has 0 radical (unpaired) electrons. The third-order valence-electron chi connectivity index (χ3n) is 2.05. The van der Waals surface area contributed by atoms with Gasteiger partial charge in [-0.3, -0.25) is 4.79 Å². The van der Waals surface area contributed by atoms with Gasteiger partial charge in [0.15, 0.2) is 0 Å². The average Bonchev–Trinajstić information content (AvgIpc) is 2.19. The second-order valence-electron chi connectivity index (χ2n) is 3.40. The maximum Gasteiger partial charge on any atom is 0.471 e. The van der Waals surface area contributed by atoms with E-state index >= 15 is 0 Å². The van der Waals surface area contributed by atoms with Gasteiger partial charge in [-0.05, 0) is 40.5 Å². The Labute approximate surface area is 108 Å². The lowest BCUT2D eigenvalue weighted by Crippen LogP contribution is -2.30. The van der Waals surface area contributed by atoms with Crippen LogP contribution in [0.25, 0.3) is 0 Å². The Kier molecular flexibility index (Phi) is 4.00. The highest BCUT2D eigenvalue weighted by molar-refractivity contribution is 9.10. The van der Waals surface area contributed by atoms with Crippen molar-refractivity contribution in [2.75, 3.05) is 5.32 Å². The van der Waals surface area contributed by atoms with Crippen molar-refractivity contribution in [1.82, 2.24) is 0 Å². The zero-order valence-corrected chi connectivity index (χ0v) is 10.5. The van der Waals surface area contributed by atoms with Gasteiger partial charge in [-0.15, -0.1) is 0 Å². The number of hydrogen-bond acceptors (Lipinski definition) is 2. The Morgan fingerprint density at radius 2 is 1.89 bits per heavy atom. The minimum atomic E-state index is -5.03. The van der Waals surface area contributed by atoms with Crippen LogP contribution in [0.4, 0.5) is 18.9 Å². The van der Waals surface area contributed by atoms with Gasteiger partial charge in [0.1, 0.15) is 0 Å². The second kappa shape index (κ2) is 4.97. The molecule has 0 saturated heterocycles. The number of hydrogen-bond donors (Lipinski definition) is 2. The van der Waals surface area contributed by atoms with Crippen LogP contribution < -0.4 is 5.32 Å². The number of nitrogens with one attached hydrogen (secondary N) is 1. The van der Waals surface area contributed by atoms with Crippen molar-refractivity contribution in [2.24, 2.45) is 0 Å². The van der Waals surface area contributed by atoms with Crippen LogP contribution in [0.5, 0.6) is 0 Å². The van der Waals surface area contributed by atoms with Crippen LogP contribution in [0.15, 0.2) is 16.6 Å². The van der Waals surface area contributed by atoms with E-state index in [2.05, 4.69) is 15.9 Å². The average molecular weight is 326 g/mol. The molecular weight excluding hydrogens is 319 g/mol. The summed E-state index contributed by atoms with van der Waals surface area (Å²) >= 11 is 2.95. The first kappa shape index (κ1) is 14.5. The van der Waals surface area contributed by atoms with Gasteiger partial charge < -0.3 is 10.4 Å². The number of carboxylic acids is 1. The summed E-state index contributed by atoms with van der Waals surface area (Å²) in [4.78, 5) is 21.6. The summed E-state index contributed by atoms with van der Waals surface area (Å²) in [7, 11) is 0. The molecule has 0 unspecified atom stereocenters. The molecule has 0 atom stereocenters. The molecule has 1 aromatic rings. The normalized spacial score (nSPS) is 11.2. The minimum absolute atomic E-state index is 0.169. The van der Waals surface area contributed by atoms with Gasteiger partial charge >= 0.3 is 18.1 Å². The fourth-order valence-electron chi connectivity index (χ4n) is 1.19. The van der Waals surface area contributed by atoms with Crippen LogP contribution >= 0.6 is 15.9 Å². The molecule has 4 nitrogen and oxygen atoms in total. The van der Waals surface area contributed by atoms with E-state index in [9.17, 15) is 22.8 Å². The van der Waals surface area contributed by atoms with Crippen molar-refractivity contribution in [3.63, 3.8) is 0 Å². The standard InChI is InChI=1S/C10H7BrF3NO3/c1-4-2-6(11)7(3-5(4)8(16)17)15-9(18)10(12,13)14/h2-3H,1H3,(H,15,18)(H,16,17). The third-order valence-corrected chi connectivity index (χ3v) is 2.71. The molecule has 0 spiro atoms. The molecule has 0 aliphatic carbocycles. The maximum atomic E-state index is 12.1. The van der Waals surface area contributed by atoms with E-state index < -0.39 is 18.1 Å². The van der Waals surface area contributed by atoms with Gasteiger partial charge in [0.2, 0.25) is 0 Å². The van der Waals surface area contributed by atoms with Crippen LogP contribution in [-0.4, -0.2) is 23.2 Å². The van der Waals surface area contributed by atoms with E-state index in [0.29, 0.717) is 5.56 Å². The smallest absolute Gasteiger partial charge is 0.471 e. The predicted octanol–water partition coefficient (Wildman–Crippen LogP) is 2.96. The fourth-order valence-corrected chi connectivity index (χ4v) is 1.75. The Bertz CT molecular complexity index is 514. The maximum absolute atomic E-state index is 12.1. The molecule has 1 aromatic carbocycles. The molecule has 0 saturated carbocycles. The zero-order chi connectivity index (χ0) is 14.1. The lowest BCUT2D eigenvalue weighted by atomic mass is 10.1. The van der Waals surface area contributed by atoms with Crippen molar-refractivity contribution in [2.45, 2.75) is 13.1 Å². The molecule has 8 heteroatoms. The summed E-state index contributed by atoms with van der Waals surface area (Å²) in [5.41, 5.74) is -0.0737. The minimum Gasteiger partial charge on any atom is -0.478 e. The Morgan fingerprint density at radius 3 is 2.33 bits per heavy atom. The summed E-state index contributed by atoms with van der Waals surface area (Å²) in [6.07, 6.45) is -5.03. The van der Waals surface area contributed by atoms with Gasteiger partial charge in [0.05, 0.1) is 11.3 Å². The third kappa shape index (κ3) is 3.22. The number of rotatable bonds is 2. The quantitative estimate of drug-likeness (QED) is 0.878. The molecule has 0 aromatic heterocycles. The summed E-state index contributed by atoms with van der Waals surface area (Å²) in [6, 6.07) is 2.28. The highest BCUT2D eigenvalue weighted by Crippen LogP contribution is 2.28. The summed E-state index contributed by atoms with van der Waals surface area (Å²) < 4.78 is 36.4.